The van der Waals surface area contributed by atoms with Crippen LogP contribution >= 0.6 is 12.4 Å². The van der Waals surface area contributed by atoms with Crippen LogP contribution in [0, 0.1) is 0 Å². The predicted molar refractivity (Wildman–Crippen MR) is 110 cm³/mol. The summed E-state index contributed by atoms with van der Waals surface area (Å²) >= 11 is 0. The molecule has 2 aromatic carbocycles. The molecule has 1 heterocycles. The highest BCUT2D eigenvalue weighted by Crippen LogP contribution is 2.24. The van der Waals surface area contributed by atoms with Crippen molar-refractivity contribution in [2.24, 2.45) is 0 Å². The Kier molecular flexibility index (Phi) is 8.39. The van der Waals surface area contributed by atoms with E-state index < -0.39 is 0 Å². The molecule has 1 aliphatic rings. The Labute approximate surface area is 162 Å². The molecule has 1 unspecified atom stereocenters. The molecule has 3 rings (SSSR count). The lowest BCUT2D eigenvalue weighted by atomic mass is 9.89. The Morgan fingerprint density at radius 1 is 1.04 bits per heavy atom. The molecule has 1 atom stereocenters. The van der Waals surface area contributed by atoms with Gasteiger partial charge in [-0.15, -0.1) is 12.4 Å². The minimum Gasteiger partial charge on any atom is -0.352 e. The zero-order valence-corrected chi connectivity index (χ0v) is 15.8. The van der Waals surface area contributed by atoms with Crippen LogP contribution in [0.5, 0.6) is 0 Å². The van der Waals surface area contributed by atoms with E-state index in [9.17, 15) is 4.79 Å². The summed E-state index contributed by atoms with van der Waals surface area (Å²) in [6, 6.07) is 20.8. The van der Waals surface area contributed by atoms with Gasteiger partial charge in [-0.05, 0) is 36.4 Å². The molecule has 3 nitrogen and oxygen atoms in total. The summed E-state index contributed by atoms with van der Waals surface area (Å²) in [5.41, 5.74) is 3.82. The fourth-order valence-corrected chi connectivity index (χ4v) is 3.27. The highest BCUT2D eigenvalue weighted by Gasteiger charge is 2.17. The molecular weight excluding hydrogens is 344 g/mol. The standard InChI is InChI=1S/C22H26N2O.ClH/c25-22(24-17-19-11-13-23-14-12-19)16-21(20-9-5-2-6-10-20)15-18-7-3-1-4-8-18;/h1-11,21,23H,12-17H2,(H,24,25);1H. The number of nitrogens with one attached hydrogen (secondary N) is 2. The van der Waals surface area contributed by atoms with E-state index in [-0.39, 0.29) is 24.2 Å². The lowest BCUT2D eigenvalue weighted by Gasteiger charge is -2.19. The summed E-state index contributed by atoms with van der Waals surface area (Å²) in [7, 11) is 0. The molecule has 0 bridgehead atoms. The average Bonchev–Trinajstić information content (AvgIpc) is 2.68. The number of hydrogen-bond acceptors (Lipinski definition) is 2. The third kappa shape index (κ3) is 6.32. The summed E-state index contributed by atoms with van der Waals surface area (Å²) in [6.45, 7) is 2.58. The van der Waals surface area contributed by atoms with Crippen molar-refractivity contribution in [1.29, 1.82) is 0 Å². The number of amides is 1. The van der Waals surface area contributed by atoms with Crippen LogP contribution in [-0.4, -0.2) is 25.5 Å². The highest BCUT2D eigenvalue weighted by atomic mass is 35.5. The molecular formula is C22H27ClN2O. The first-order chi connectivity index (χ1) is 12.3. The van der Waals surface area contributed by atoms with Crippen molar-refractivity contribution in [3.63, 3.8) is 0 Å². The van der Waals surface area contributed by atoms with Crippen LogP contribution < -0.4 is 10.6 Å². The van der Waals surface area contributed by atoms with E-state index >= 15 is 0 Å². The van der Waals surface area contributed by atoms with Gasteiger partial charge >= 0.3 is 0 Å². The Balaban J connectivity index is 0.00000243. The maximum absolute atomic E-state index is 12.5. The van der Waals surface area contributed by atoms with E-state index in [0.29, 0.717) is 13.0 Å². The van der Waals surface area contributed by atoms with Gasteiger partial charge in [0.1, 0.15) is 0 Å². The van der Waals surface area contributed by atoms with E-state index in [1.165, 1.54) is 16.7 Å². The normalized spacial score (nSPS) is 14.7. The first kappa shape index (κ1) is 20.2. The SMILES string of the molecule is Cl.O=C(CC(Cc1ccccc1)c1ccccc1)NCC1=CCNCC1. The topological polar surface area (TPSA) is 41.1 Å². The zero-order valence-electron chi connectivity index (χ0n) is 15.0. The summed E-state index contributed by atoms with van der Waals surface area (Å²) in [4.78, 5) is 12.5. The van der Waals surface area contributed by atoms with E-state index in [0.717, 1.165) is 25.9 Å². The Bertz CT molecular complexity index is 701. The number of carbonyl (C=O) groups excluding carboxylic acids is 1. The summed E-state index contributed by atoms with van der Waals surface area (Å²) in [5, 5.41) is 6.40. The van der Waals surface area contributed by atoms with Crippen molar-refractivity contribution in [2.75, 3.05) is 19.6 Å². The second-order valence-corrected chi connectivity index (χ2v) is 6.59. The van der Waals surface area contributed by atoms with E-state index in [4.69, 9.17) is 0 Å². The Morgan fingerprint density at radius 2 is 1.73 bits per heavy atom. The first-order valence-electron chi connectivity index (χ1n) is 9.05. The van der Waals surface area contributed by atoms with Gasteiger partial charge in [-0.1, -0.05) is 72.3 Å². The van der Waals surface area contributed by atoms with Crippen LogP contribution in [-0.2, 0) is 11.2 Å². The smallest absolute Gasteiger partial charge is 0.220 e. The van der Waals surface area contributed by atoms with Crippen LogP contribution in [0.2, 0.25) is 0 Å². The minimum absolute atomic E-state index is 0. The quantitative estimate of drug-likeness (QED) is 0.726. The van der Waals surface area contributed by atoms with Gasteiger partial charge in [0.2, 0.25) is 5.91 Å². The molecule has 0 spiro atoms. The minimum atomic E-state index is 0. The van der Waals surface area contributed by atoms with Gasteiger partial charge in [-0.3, -0.25) is 4.79 Å². The number of rotatable bonds is 7. The first-order valence-corrected chi connectivity index (χ1v) is 9.05. The van der Waals surface area contributed by atoms with Gasteiger partial charge in [0.15, 0.2) is 0 Å². The number of halogens is 1. The summed E-state index contributed by atoms with van der Waals surface area (Å²) < 4.78 is 0. The zero-order chi connectivity index (χ0) is 17.3. The fourth-order valence-electron chi connectivity index (χ4n) is 3.27. The molecule has 0 saturated carbocycles. The molecule has 2 N–H and O–H groups in total. The van der Waals surface area contributed by atoms with Crippen LogP contribution in [0.25, 0.3) is 0 Å². The molecule has 4 heteroatoms. The molecule has 138 valence electrons. The number of hydrogen-bond donors (Lipinski definition) is 2. The van der Waals surface area contributed by atoms with Gasteiger partial charge in [0.25, 0.3) is 0 Å². The molecule has 0 aliphatic carbocycles. The summed E-state index contributed by atoms with van der Waals surface area (Å²) in [6.07, 6.45) is 4.60. The maximum Gasteiger partial charge on any atom is 0.220 e. The number of carbonyl (C=O) groups is 1. The highest BCUT2D eigenvalue weighted by molar-refractivity contribution is 5.85. The second kappa shape index (κ2) is 10.8. The van der Waals surface area contributed by atoms with Gasteiger partial charge < -0.3 is 10.6 Å². The number of benzene rings is 2. The summed E-state index contributed by atoms with van der Waals surface area (Å²) in [5.74, 6) is 0.329. The predicted octanol–water partition coefficient (Wildman–Crippen LogP) is 3.86. The van der Waals surface area contributed by atoms with Gasteiger partial charge in [0.05, 0.1) is 0 Å². The third-order valence-corrected chi connectivity index (χ3v) is 4.70. The van der Waals surface area contributed by atoms with Crippen LogP contribution in [0.1, 0.15) is 29.9 Å². The van der Waals surface area contributed by atoms with Gasteiger partial charge in [-0.2, -0.15) is 0 Å². The lowest BCUT2D eigenvalue weighted by Crippen LogP contribution is -2.30. The van der Waals surface area contributed by atoms with Gasteiger partial charge in [0, 0.05) is 19.5 Å². The lowest BCUT2D eigenvalue weighted by molar-refractivity contribution is -0.121. The van der Waals surface area contributed by atoms with Crippen LogP contribution in [0.3, 0.4) is 0 Å². The van der Waals surface area contributed by atoms with E-state index in [2.05, 4.69) is 53.1 Å². The van der Waals surface area contributed by atoms with Crippen molar-refractivity contribution in [2.45, 2.75) is 25.2 Å². The van der Waals surface area contributed by atoms with Crippen molar-refractivity contribution >= 4 is 18.3 Å². The van der Waals surface area contributed by atoms with Crippen molar-refractivity contribution in [1.82, 2.24) is 10.6 Å². The molecule has 0 radical (unpaired) electrons. The molecule has 0 saturated heterocycles. The average molecular weight is 371 g/mol. The Hall–Kier alpha value is -2.10. The third-order valence-electron chi connectivity index (χ3n) is 4.70. The Morgan fingerprint density at radius 3 is 2.38 bits per heavy atom. The molecule has 0 fully saturated rings. The van der Waals surface area contributed by atoms with Crippen molar-refractivity contribution in [3.05, 3.63) is 83.4 Å². The fraction of sp³-hybridized carbons (Fsp3) is 0.318. The molecule has 2 aromatic rings. The molecule has 1 aliphatic heterocycles. The molecule has 1 amide bonds. The monoisotopic (exact) mass is 370 g/mol. The van der Waals surface area contributed by atoms with E-state index in [1.54, 1.807) is 0 Å². The molecule has 26 heavy (non-hydrogen) atoms. The van der Waals surface area contributed by atoms with Crippen molar-refractivity contribution in [3.8, 4) is 0 Å². The van der Waals surface area contributed by atoms with E-state index in [1.807, 2.05) is 24.3 Å². The largest absolute Gasteiger partial charge is 0.352 e. The van der Waals surface area contributed by atoms with Gasteiger partial charge in [-0.25, -0.2) is 0 Å². The maximum atomic E-state index is 12.5. The van der Waals surface area contributed by atoms with Crippen LogP contribution in [0.4, 0.5) is 0 Å². The second-order valence-electron chi connectivity index (χ2n) is 6.59. The van der Waals surface area contributed by atoms with Crippen molar-refractivity contribution < 1.29 is 4.79 Å². The van der Waals surface area contributed by atoms with Crippen LogP contribution in [0.15, 0.2) is 72.3 Å². The molecule has 0 aromatic heterocycles.